The summed E-state index contributed by atoms with van der Waals surface area (Å²) in [5.41, 5.74) is 1.98. The first-order valence-electron chi connectivity index (χ1n) is 8.37. The Morgan fingerprint density at radius 1 is 1.08 bits per heavy atom. The van der Waals surface area contributed by atoms with Crippen LogP contribution in [-0.2, 0) is 11.3 Å². The Bertz CT molecular complexity index is 983. The van der Waals surface area contributed by atoms with E-state index in [0.29, 0.717) is 24.1 Å². The van der Waals surface area contributed by atoms with Crippen molar-refractivity contribution in [1.82, 2.24) is 4.57 Å². The number of hydrogen-bond donors (Lipinski definition) is 1. The zero-order valence-electron chi connectivity index (χ0n) is 14.1. The molecule has 5 nitrogen and oxygen atoms in total. The number of ketones is 1. The molecule has 1 aromatic heterocycles. The Balaban J connectivity index is 1.99. The number of aromatic nitrogens is 1. The van der Waals surface area contributed by atoms with Crippen LogP contribution in [0.4, 0.5) is 0 Å². The summed E-state index contributed by atoms with van der Waals surface area (Å²) in [6, 6.07) is 18.3. The number of carbonyl (C=O) groups is 2. The van der Waals surface area contributed by atoms with Crippen molar-refractivity contribution in [2.45, 2.75) is 25.3 Å². The minimum atomic E-state index is -1.03. The fourth-order valence-electron chi connectivity index (χ4n) is 3.17. The average molecular weight is 346 g/mol. The molecule has 0 unspecified atom stereocenters. The maximum Gasteiger partial charge on any atom is 0.311 e. The van der Waals surface area contributed by atoms with Gasteiger partial charge in [-0.2, -0.15) is 5.26 Å². The molecule has 1 heterocycles. The number of para-hydroxylation sites is 1. The molecule has 0 amide bonds. The van der Waals surface area contributed by atoms with Crippen molar-refractivity contribution in [2.24, 2.45) is 0 Å². The molecule has 0 bridgehead atoms. The van der Waals surface area contributed by atoms with Gasteiger partial charge in [0, 0.05) is 35.6 Å². The van der Waals surface area contributed by atoms with Crippen LogP contribution in [0.1, 0.15) is 34.7 Å². The third kappa shape index (κ3) is 3.50. The molecule has 0 fully saturated rings. The Kier molecular flexibility index (Phi) is 5.14. The van der Waals surface area contributed by atoms with Crippen molar-refractivity contribution in [3.8, 4) is 6.07 Å². The molecular formula is C21H18N2O3. The predicted octanol–water partition coefficient (Wildman–Crippen LogP) is 4.00. The van der Waals surface area contributed by atoms with Gasteiger partial charge in [0.05, 0.1) is 18.4 Å². The Morgan fingerprint density at radius 2 is 1.77 bits per heavy atom. The molecule has 3 aromatic rings. The molecule has 130 valence electrons. The maximum absolute atomic E-state index is 12.5. The monoisotopic (exact) mass is 346 g/mol. The molecule has 1 N–H and O–H groups in total. The Hall–Kier alpha value is -3.39. The highest BCUT2D eigenvalue weighted by molar-refractivity contribution is 6.00. The van der Waals surface area contributed by atoms with E-state index >= 15 is 0 Å². The number of carboxylic acid groups (broad SMARTS) is 1. The van der Waals surface area contributed by atoms with Crippen molar-refractivity contribution in [3.63, 3.8) is 0 Å². The number of nitrogens with zero attached hydrogens (tertiary/aromatic N) is 2. The maximum atomic E-state index is 12.5. The number of aryl methyl sites for hydroxylation is 1. The normalized spacial score (nSPS) is 11.8. The largest absolute Gasteiger partial charge is 0.481 e. The topological polar surface area (TPSA) is 83.1 Å². The molecule has 26 heavy (non-hydrogen) atoms. The van der Waals surface area contributed by atoms with Gasteiger partial charge in [0.25, 0.3) is 0 Å². The van der Waals surface area contributed by atoms with Gasteiger partial charge in [0.15, 0.2) is 5.78 Å². The van der Waals surface area contributed by atoms with Gasteiger partial charge in [-0.25, -0.2) is 0 Å². The van der Waals surface area contributed by atoms with Gasteiger partial charge in [-0.1, -0.05) is 48.5 Å². The molecule has 0 radical (unpaired) electrons. The van der Waals surface area contributed by atoms with Crippen molar-refractivity contribution in [1.29, 1.82) is 5.26 Å². The SMILES string of the molecule is N#CCCn1cc([C@@H](CC(=O)c2ccccc2)C(=O)O)c2ccccc21. The van der Waals surface area contributed by atoms with Crippen LogP contribution < -0.4 is 0 Å². The summed E-state index contributed by atoms with van der Waals surface area (Å²) in [6.45, 7) is 0.482. The van der Waals surface area contributed by atoms with Crippen LogP contribution in [0, 0.1) is 11.3 Å². The van der Waals surface area contributed by atoms with Crippen molar-refractivity contribution in [3.05, 3.63) is 71.9 Å². The van der Waals surface area contributed by atoms with Crippen LogP contribution in [0.15, 0.2) is 60.8 Å². The highest BCUT2D eigenvalue weighted by Gasteiger charge is 2.27. The number of Topliss-reactive ketones (excluding diaryl/α,β-unsaturated/α-hetero) is 1. The second-order valence-electron chi connectivity index (χ2n) is 6.09. The molecule has 0 aliphatic heterocycles. The number of nitriles is 1. The first-order valence-corrected chi connectivity index (χ1v) is 8.37. The zero-order chi connectivity index (χ0) is 18.5. The van der Waals surface area contributed by atoms with Gasteiger partial charge < -0.3 is 9.67 Å². The highest BCUT2D eigenvalue weighted by atomic mass is 16.4. The molecule has 0 saturated heterocycles. The summed E-state index contributed by atoms with van der Waals surface area (Å²) >= 11 is 0. The van der Waals surface area contributed by atoms with Crippen LogP contribution in [0.25, 0.3) is 10.9 Å². The second kappa shape index (κ2) is 7.66. The predicted molar refractivity (Wildman–Crippen MR) is 97.9 cm³/mol. The molecule has 0 aliphatic rings. The Labute approximate surface area is 151 Å². The molecule has 1 atom stereocenters. The van der Waals surface area contributed by atoms with Gasteiger partial charge in [0.2, 0.25) is 0 Å². The summed E-state index contributed by atoms with van der Waals surface area (Å²) in [5, 5.41) is 19.4. The van der Waals surface area contributed by atoms with E-state index in [0.717, 1.165) is 10.9 Å². The fourth-order valence-corrected chi connectivity index (χ4v) is 3.17. The van der Waals surface area contributed by atoms with E-state index in [1.54, 1.807) is 30.5 Å². The second-order valence-corrected chi connectivity index (χ2v) is 6.09. The van der Waals surface area contributed by atoms with E-state index in [4.69, 9.17) is 5.26 Å². The summed E-state index contributed by atoms with van der Waals surface area (Å²) in [7, 11) is 0. The lowest BCUT2D eigenvalue weighted by molar-refractivity contribution is -0.138. The van der Waals surface area contributed by atoms with Crippen LogP contribution in [0.3, 0.4) is 0 Å². The van der Waals surface area contributed by atoms with E-state index in [-0.39, 0.29) is 12.2 Å². The molecule has 2 aromatic carbocycles. The van der Waals surface area contributed by atoms with Crippen molar-refractivity contribution >= 4 is 22.7 Å². The lowest BCUT2D eigenvalue weighted by Gasteiger charge is -2.11. The van der Waals surface area contributed by atoms with Gasteiger partial charge >= 0.3 is 5.97 Å². The minimum absolute atomic E-state index is 0.106. The standard InChI is InChI=1S/C21H18N2O3/c22-11-6-12-23-14-18(16-9-4-5-10-19(16)23)17(21(25)26)13-20(24)15-7-2-1-3-8-15/h1-5,7-10,14,17H,6,12-13H2,(H,25,26)/t17-/m1/s1. The smallest absolute Gasteiger partial charge is 0.311 e. The number of fused-ring (bicyclic) bond motifs is 1. The first kappa shape index (κ1) is 17.4. The number of rotatable bonds is 7. The van der Waals surface area contributed by atoms with Crippen molar-refractivity contribution < 1.29 is 14.7 Å². The Morgan fingerprint density at radius 3 is 2.46 bits per heavy atom. The number of benzene rings is 2. The molecule has 0 aliphatic carbocycles. The summed E-state index contributed by atoms with van der Waals surface area (Å²) in [4.78, 5) is 24.5. The zero-order valence-corrected chi connectivity index (χ0v) is 14.1. The van der Waals surface area contributed by atoms with Crippen molar-refractivity contribution in [2.75, 3.05) is 0 Å². The highest BCUT2D eigenvalue weighted by Crippen LogP contribution is 2.31. The van der Waals surface area contributed by atoms with Crippen LogP contribution in [0.2, 0.25) is 0 Å². The molecule has 5 heteroatoms. The summed E-state index contributed by atoms with van der Waals surface area (Å²) in [6.07, 6.45) is 1.99. The number of hydrogen-bond acceptors (Lipinski definition) is 3. The fraction of sp³-hybridized carbons (Fsp3) is 0.190. The van der Waals surface area contributed by atoms with E-state index in [1.165, 1.54) is 0 Å². The minimum Gasteiger partial charge on any atom is -0.481 e. The quantitative estimate of drug-likeness (QED) is 0.656. The van der Waals surface area contributed by atoms with E-state index < -0.39 is 11.9 Å². The third-order valence-corrected chi connectivity index (χ3v) is 4.44. The average Bonchev–Trinajstić information content (AvgIpc) is 3.03. The number of aliphatic carboxylic acids is 1. The lowest BCUT2D eigenvalue weighted by atomic mass is 9.91. The van der Waals surface area contributed by atoms with E-state index in [1.807, 2.05) is 34.9 Å². The lowest BCUT2D eigenvalue weighted by Crippen LogP contribution is -2.16. The third-order valence-electron chi connectivity index (χ3n) is 4.44. The summed E-state index contributed by atoms with van der Waals surface area (Å²) < 4.78 is 1.89. The number of carboxylic acids is 1. The first-order chi connectivity index (χ1) is 12.6. The van der Waals surface area contributed by atoms with Gasteiger partial charge in [-0.05, 0) is 11.6 Å². The molecule has 3 rings (SSSR count). The molecule has 0 saturated carbocycles. The van der Waals surface area contributed by atoms with Crippen LogP contribution in [-0.4, -0.2) is 21.4 Å². The summed E-state index contributed by atoms with van der Waals surface area (Å²) in [5.74, 6) is -2.17. The molecule has 0 spiro atoms. The van der Waals surface area contributed by atoms with Gasteiger partial charge in [0.1, 0.15) is 0 Å². The van der Waals surface area contributed by atoms with Gasteiger partial charge in [-0.15, -0.1) is 0 Å². The van der Waals surface area contributed by atoms with E-state index in [2.05, 4.69) is 6.07 Å². The number of carbonyl (C=O) groups excluding carboxylic acids is 1. The molecular weight excluding hydrogens is 328 g/mol. The van der Waals surface area contributed by atoms with Gasteiger partial charge in [-0.3, -0.25) is 9.59 Å². The van der Waals surface area contributed by atoms with E-state index in [9.17, 15) is 14.7 Å². The van der Waals surface area contributed by atoms with Crippen LogP contribution >= 0.6 is 0 Å². The van der Waals surface area contributed by atoms with Crippen LogP contribution in [0.5, 0.6) is 0 Å².